The van der Waals surface area contributed by atoms with Gasteiger partial charge < -0.3 is 14.6 Å². The molecule has 1 saturated heterocycles. The molecule has 0 unspecified atom stereocenters. The lowest BCUT2D eigenvalue weighted by molar-refractivity contribution is -0.137. The standard InChI is InChI=1S/C15H14F3N3O3/c16-15(17,18)10-4-1-3-9(7-10)12-20-14(24-21-12)13(22)19-8-11-5-2-6-23-11/h1,3-4,7,11H,2,5-6,8H2,(H,19,22)/t11-/m0/s1. The van der Waals surface area contributed by atoms with Crippen LogP contribution in [0.1, 0.15) is 29.1 Å². The van der Waals surface area contributed by atoms with Gasteiger partial charge in [0.05, 0.1) is 11.7 Å². The van der Waals surface area contributed by atoms with Crippen LogP contribution in [-0.2, 0) is 10.9 Å². The summed E-state index contributed by atoms with van der Waals surface area (Å²) >= 11 is 0. The van der Waals surface area contributed by atoms with Crippen molar-refractivity contribution < 1.29 is 27.2 Å². The summed E-state index contributed by atoms with van der Waals surface area (Å²) in [5.41, 5.74) is -0.707. The number of ether oxygens (including phenoxy) is 1. The van der Waals surface area contributed by atoms with E-state index in [-0.39, 0.29) is 23.4 Å². The fourth-order valence-electron chi connectivity index (χ4n) is 2.36. The average molecular weight is 341 g/mol. The van der Waals surface area contributed by atoms with Crippen LogP contribution in [0.2, 0.25) is 0 Å². The Balaban J connectivity index is 1.69. The molecule has 0 bridgehead atoms. The summed E-state index contributed by atoms with van der Waals surface area (Å²) in [7, 11) is 0. The predicted octanol–water partition coefficient (Wildman–Crippen LogP) is 2.66. The van der Waals surface area contributed by atoms with Gasteiger partial charge in [0, 0.05) is 18.7 Å². The summed E-state index contributed by atoms with van der Waals surface area (Å²) in [6, 6.07) is 4.50. The summed E-state index contributed by atoms with van der Waals surface area (Å²) in [5, 5.41) is 6.17. The van der Waals surface area contributed by atoms with Crippen molar-refractivity contribution in [3.8, 4) is 11.4 Å². The highest BCUT2D eigenvalue weighted by Gasteiger charge is 2.31. The van der Waals surface area contributed by atoms with E-state index in [2.05, 4.69) is 15.5 Å². The van der Waals surface area contributed by atoms with Crippen molar-refractivity contribution in [2.45, 2.75) is 25.1 Å². The number of halogens is 3. The molecule has 0 spiro atoms. The maximum atomic E-state index is 12.7. The number of amides is 1. The quantitative estimate of drug-likeness (QED) is 0.925. The number of rotatable bonds is 4. The minimum Gasteiger partial charge on any atom is -0.376 e. The zero-order valence-electron chi connectivity index (χ0n) is 12.5. The average Bonchev–Trinajstić information content (AvgIpc) is 3.23. The van der Waals surface area contributed by atoms with E-state index in [1.807, 2.05) is 0 Å². The molecule has 1 atom stereocenters. The smallest absolute Gasteiger partial charge is 0.376 e. The second-order valence-corrected chi connectivity index (χ2v) is 5.35. The lowest BCUT2D eigenvalue weighted by Gasteiger charge is -2.08. The first-order chi connectivity index (χ1) is 11.4. The molecule has 1 aromatic heterocycles. The van der Waals surface area contributed by atoms with Gasteiger partial charge >= 0.3 is 18.0 Å². The predicted molar refractivity (Wildman–Crippen MR) is 76.0 cm³/mol. The number of carbonyl (C=O) groups is 1. The second kappa shape index (κ2) is 6.60. The van der Waals surface area contributed by atoms with E-state index < -0.39 is 17.6 Å². The van der Waals surface area contributed by atoms with Crippen LogP contribution in [0.15, 0.2) is 28.8 Å². The molecule has 1 fully saturated rings. The lowest BCUT2D eigenvalue weighted by Crippen LogP contribution is -2.31. The van der Waals surface area contributed by atoms with E-state index in [0.29, 0.717) is 13.2 Å². The monoisotopic (exact) mass is 341 g/mol. The number of carbonyl (C=O) groups excluding carboxylic acids is 1. The van der Waals surface area contributed by atoms with E-state index in [1.165, 1.54) is 12.1 Å². The number of nitrogens with zero attached hydrogens (tertiary/aromatic N) is 2. The maximum Gasteiger partial charge on any atom is 0.416 e. The van der Waals surface area contributed by atoms with Gasteiger partial charge in [0.15, 0.2) is 0 Å². The summed E-state index contributed by atoms with van der Waals surface area (Å²) in [6.45, 7) is 0.987. The molecule has 1 N–H and O–H groups in total. The number of hydrogen-bond acceptors (Lipinski definition) is 5. The Morgan fingerprint density at radius 3 is 2.92 bits per heavy atom. The van der Waals surface area contributed by atoms with Crippen LogP contribution in [0.5, 0.6) is 0 Å². The van der Waals surface area contributed by atoms with E-state index in [0.717, 1.165) is 25.0 Å². The third-order valence-electron chi connectivity index (χ3n) is 3.58. The molecule has 128 valence electrons. The van der Waals surface area contributed by atoms with Crippen LogP contribution in [0.25, 0.3) is 11.4 Å². The molecule has 3 rings (SSSR count). The molecule has 24 heavy (non-hydrogen) atoms. The molecule has 0 aliphatic carbocycles. The molecule has 6 nitrogen and oxygen atoms in total. The highest BCUT2D eigenvalue weighted by Crippen LogP contribution is 2.31. The van der Waals surface area contributed by atoms with Crippen molar-refractivity contribution in [2.75, 3.05) is 13.2 Å². The molecule has 0 saturated carbocycles. The Kier molecular flexibility index (Phi) is 4.52. The fraction of sp³-hybridized carbons (Fsp3) is 0.400. The fourth-order valence-corrected chi connectivity index (χ4v) is 2.36. The van der Waals surface area contributed by atoms with Crippen molar-refractivity contribution in [3.63, 3.8) is 0 Å². The first-order valence-electron chi connectivity index (χ1n) is 7.34. The molecule has 2 heterocycles. The van der Waals surface area contributed by atoms with Crippen molar-refractivity contribution in [1.29, 1.82) is 0 Å². The summed E-state index contributed by atoms with van der Waals surface area (Å²) in [6.07, 6.45) is -2.71. The lowest BCUT2D eigenvalue weighted by atomic mass is 10.1. The SMILES string of the molecule is O=C(NC[C@@H]1CCCO1)c1nc(-c2cccc(C(F)(F)F)c2)no1. The molecule has 1 aliphatic heterocycles. The Morgan fingerprint density at radius 2 is 2.21 bits per heavy atom. The number of nitrogens with one attached hydrogen (secondary N) is 1. The van der Waals surface area contributed by atoms with Crippen molar-refractivity contribution in [3.05, 3.63) is 35.7 Å². The van der Waals surface area contributed by atoms with E-state index in [9.17, 15) is 18.0 Å². The summed E-state index contributed by atoms with van der Waals surface area (Å²) < 4.78 is 48.4. The molecule has 0 radical (unpaired) electrons. The van der Waals surface area contributed by atoms with Gasteiger partial charge in [-0.05, 0) is 25.0 Å². The molecule has 9 heteroatoms. The van der Waals surface area contributed by atoms with Crippen LogP contribution >= 0.6 is 0 Å². The number of alkyl halides is 3. The third kappa shape index (κ3) is 3.73. The summed E-state index contributed by atoms with van der Waals surface area (Å²) in [4.78, 5) is 15.8. The Bertz CT molecular complexity index is 724. The van der Waals surface area contributed by atoms with Gasteiger partial charge in [-0.25, -0.2) is 0 Å². The first-order valence-corrected chi connectivity index (χ1v) is 7.34. The van der Waals surface area contributed by atoms with Gasteiger partial charge in [-0.15, -0.1) is 0 Å². The molecular formula is C15H14F3N3O3. The van der Waals surface area contributed by atoms with Crippen LogP contribution in [0.3, 0.4) is 0 Å². The third-order valence-corrected chi connectivity index (χ3v) is 3.58. The number of benzene rings is 1. The van der Waals surface area contributed by atoms with Gasteiger partial charge in [-0.3, -0.25) is 4.79 Å². The summed E-state index contributed by atoms with van der Waals surface area (Å²) in [5.74, 6) is -0.972. The molecule has 2 aromatic rings. The minimum atomic E-state index is -4.47. The molecule has 1 amide bonds. The zero-order chi connectivity index (χ0) is 17.2. The van der Waals surface area contributed by atoms with Gasteiger partial charge in [0.25, 0.3) is 0 Å². The Labute approximate surface area is 135 Å². The van der Waals surface area contributed by atoms with Crippen LogP contribution < -0.4 is 5.32 Å². The Hall–Kier alpha value is -2.42. The van der Waals surface area contributed by atoms with Gasteiger partial charge in [-0.1, -0.05) is 17.3 Å². The van der Waals surface area contributed by atoms with Crippen molar-refractivity contribution >= 4 is 5.91 Å². The second-order valence-electron chi connectivity index (χ2n) is 5.35. The van der Waals surface area contributed by atoms with Gasteiger partial charge in [0.1, 0.15) is 0 Å². The van der Waals surface area contributed by atoms with E-state index >= 15 is 0 Å². The first kappa shape index (κ1) is 16.4. The Morgan fingerprint density at radius 1 is 1.38 bits per heavy atom. The van der Waals surface area contributed by atoms with E-state index in [1.54, 1.807) is 0 Å². The minimum absolute atomic E-state index is 0.0418. The normalized spacial score (nSPS) is 17.9. The highest BCUT2D eigenvalue weighted by molar-refractivity contribution is 5.89. The van der Waals surface area contributed by atoms with Gasteiger partial charge in [-0.2, -0.15) is 18.2 Å². The number of aromatic nitrogens is 2. The topological polar surface area (TPSA) is 77.2 Å². The van der Waals surface area contributed by atoms with Crippen LogP contribution in [-0.4, -0.2) is 35.3 Å². The van der Waals surface area contributed by atoms with Crippen molar-refractivity contribution in [2.24, 2.45) is 0 Å². The molecular weight excluding hydrogens is 327 g/mol. The van der Waals surface area contributed by atoms with Crippen LogP contribution in [0, 0.1) is 0 Å². The largest absolute Gasteiger partial charge is 0.416 e. The van der Waals surface area contributed by atoms with E-state index in [4.69, 9.17) is 9.26 Å². The molecule has 1 aliphatic rings. The number of hydrogen-bond donors (Lipinski definition) is 1. The zero-order valence-corrected chi connectivity index (χ0v) is 12.5. The van der Waals surface area contributed by atoms with Crippen LogP contribution in [0.4, 0.5) is 13.2 Å². The van der Waals surface area contributed by atoms with Crippen molar-refractivity contribution in [1.82, 2.24) is 15.5 Å². The highest BCUT2D eigenvalue weighted by atomic mass is 19.4. The maximum absolute atomic E-state index is 12.7. The van der Waals surface area contributed by atoms with Gasteiger partial charge in [0.2, 0.25) is 5.82 Å². The molecule has 1 aromatic carbocycles.